The van der Waals surface area contributed by atoms with Crippen LogP contribution in [0, 0.1) is 11.3 Å². The lowest BCUT2D eigenvalue weighted by molar-refractivity contribution is 1.05. The van der Waals surface area contributed by atoms with Gasteiger partial charge in [-0.2, -0.15) is 5.26 Å². The lowest BCUT2D eigenvalue weighted by atomic mass is 10.1. The predicted molar refractivity (Wildman–Crippen MR) is 105 cm³/mol. The van der Waals surface area contributed by atoms with E-state index in [-0.39, 0.29) is 5.56 Å². The van der Waals surface area contributed by atoms with E-state index in [0.29, 0.717) is 27.8 Å². The Labute approximate surface area is 153 Å². The zero-order chi connectivity index (χ0) is 18.4. The Bertz CT molecular complexity index is 1460. The molecule has 5 heteroatoms. The molecule has 5 nitrogen and oxygen atoms in total. The summed E-state index contributed by atoms with van der Waals surface area (Å²) in [6.45, 7) is 0. The number of pyridine rings is 1. The molecular weight excluding hydrogens is 336 g/mol. The minimum absolute atomic E-state index is 0.253. The normalized spacial score (nSPS) is 11.1. The lowest BCUT2D eigenvalue weighted by Gasteiger charge is -2.13. The molecule has 27 heavy (non-hydrogen) atoms. The molecule has 0 atom stereocenters. The molecule has 2 aromatic heterocycles. The maximum absolute atomic E-state index is 13.4. The van der Waals surface area contributed by atoms with Gasteiger partial charge in [0.2, 0.25) is 0 Å². The summed E-state index contributed by atoms with van der Waals surface area (Å²) in [6.07, 6.45) is 0. The van der Waals surface area contributed by atoms with Crippen LogP contribution in [0.1, 0.15) is 5.56 Å². The third-order valence-corrected chi connectivity index (χ3v) is 4.61. The van der Waals surface area contributed by atoms with Crippen LogP contribution in [0.2, 0.25) is 0 Å². The molecule has 0 saturated carbocycles. The average molecular weight is 348 g/mol. The summed E-state index contributed by atoms with van der Waals surface area (Å²) in [6, 6.07) is 24.2. The first-order chi connectivity index (χ1) is 13.3. The fourth-order valence-electron chi connectivity index (χ4n) is 3.39. The Morgan fingerprint density at radius 3 is 2.30 bits per heavy atom. The Morgan fingerprint density at radius 1 is 0.815 bits per heavy atom. The lowest BCUT2D eigenvalue weighted by Crippen LogP contribution is -2.20. The number of benzene rings is 3. The second kappa shape index (κ2) is 5.75. The third kappa shape index (κ3) is 2.28. The second-order valence-corrected chi connectivity index (χ2v) is 6.23. The van der Waals surface area contributed by atoms with Crippen molar-refractivity contribution in [3.63, 3.8) is 0 Å². The molecule has 5 aromatic rings. The van der Waals surface area contributed by atoms with Crippen molar-refractivity contribution in [3.8, 4) is 11.8 Å². The second-order valence-electron chi connectivity index (χ2n) is 6.23. The molecule has 3 aromatic carbocycles. The highest BCUT2D eigenvalue weighted by molar-refractivity contribution is 6.04. The molecule has 0 fully saturated rings. The number of rotatable bonds is 1. The van der Waals surface area contributed by atoms with Gasteiger partial charge in [0.05, 0.1) is 33.9 Å². The summed E-state index contributed by atoms with van der Waals surface area (Å²) in [5.74, 6) is 0. The fourth-order valence-corrected chi connectivity index (χ4v) is 3.39. The molecule has 0 unspecified atom stereocenters. The van der Waals surface area contributed by atoms with Crippen LogP contribution in [0.4, 0.5) is 0 Å². The van der Waals surface area contributed by atoms with Crippen LogP contribution in [0.15, 0.2) is 77.6 Å². The van der Waals surface area contributed by atoms with E-state index in [4.69, 9.17) is 4.98 Å². The van der Waals surface area contributed by atoms with Crippen molar-refractivity contribution < 1.29 is 0 Å². The number of nitrogens with zero attached hydrogens (tertiary/aromatic N) is 4. The van der Waals surface area contributed by atoms with E-state index in [1.54, 1.807) is 22.8 Å². The van der Waals surface area contributed by atoms with Crippen LogP contribution in [0.25, 0.3) is 38.7 Å². The van der Waals surface area contributed by atoms with Crippen LogP contribution in [0.5, 0.6) is 0 Å². The van der Waals surface area contributed by atoms with Crippen molar-refractivity contribution in [2.45, 2.75) is 0 Å². The van der Waals surface area contributed by atoms with Crippen molar-refractivity contribution in [1.29, 1.82) is 5.26 Å². The molecule has 0 radical (unpaired) electrons. The number of aromatic nitrogens is 3. The van der Waals surface area contributed by atoms with Gasteiger partial charge in [-0.3, -0.25) is 9.36 Å². The molecule has 0 aliphatic heterocycles. The fraction of sp³-hybridized carbons (Fsp3) is 0. The largest absolute Gasteiger partial charge is 0.283 e. The van der Waals surface area contributed by atoms with Gasteiger partial charge in [-0.15, -0.1) is 0 Å². The van der Waals surface area contributed by atoms with Crippen molar-refractivity contribution in [3.05, 3.63) is 88.7 Å². The molecule has 0 bridgehead atoms. The van der Waals surface area contributed by atoms with Gasteiger partial charge in [-0.25, -0.2) is 9.97 Å². The van der Waals surface area contributed by atoms with Gasteiger partial charge in [0.15, 0.2) is 5.52 Å². The monoisotopic (exact) mass is 348 g/mol. The number of para-hydroxylation sites is 3. The summed E-state index contributed by atoms with van der Waals surface area (Å²) in [7, 11) is 0. The zero-order valence-corrected chi connectivity index (χ0v) is 14.1. The van der Waals surface area contributed by atoms with Crippen molar-refractivity contribution in [1.82, 2.24) is 14.5 Å². The van der Waals surface area contributed by atoms with Gasteiger partial charge in [0.1, 0.15) is 5.52 Å². The van der Waals surface area contributed by atoms with Crippen LogP contribution in [0.3, 0.4) is 0 Å². The van der Waals surface area contributed by atoms with E-state index in [1.807, 2.05) is 54.6 Å². The molecule has 2 heterocycles. The molecule has 0 saturated heterocycles. The number of hydrogen-bond donors (Lipinski definition) is 0. The molecule has 0 aliphatic carbocycles. The van der Waals surface area contributed by atoms with Crippen LogP contribution >= 0.6 is 0 Å². The van der Waals surface area contributed by atoms with Crippen molar-refractivity contribution in [2.24, 2.45) is 0 Å². The van der Waals surface area contributed by atoms with Gasteiger partial charge in [0.25, 0.3) is 5.56 Å². The standard InChI is InChI=1S/C22H12N4O/c23-13-14-6-5-7-15(12-14)26-19-11-4-1-8-16(19)20-21(22(26)27)25-18-10-3-2-9-17(18)24-20/h1-12H. The molecule has 5 rings (SSSR count). The Balaban J connectivity index is 2.01. The molecule has 0 N–H and O–H groups in total. The summed E-state index contributed by atoms with van der Waals surface area (Å²) >= 11 is 0. The van der Waals surface area contributed by atoms with Gasteiger partial charge in [0, 0.05) is 5.39 Å². The minimum atomic E-state index is -0.253. The highest BCUT2D eigenvalue weighted by atomic mass is 16.1. The van der Waals surface area contributed by atoms with Crippen LogP contribution in [-0.2, 0) is 0 Å². The summed E-state index contributed by atoms with van der Waals surface area (Å²) < 4.78 is 1.60. The van der Waals surface area contributed by atoms with E-state index in [0.717, 1.165) is 16.4 Å². The van der Waals surface area contributed by atoms with Gasteiger partial charge in [-0.05, 0) is 36.4 Å². The first-order valence-electron chi connectivity index (χ1n) is 8.47. The maximum Gasteiger partial charge on any atom is 0.283 e. The van der Waals surface area contributed by atoms with Gasteiger partial charge >= 0.3 is 0 Å². The number of nitriles is 1. The van der Waals surface area contributed by atoms with E-state index >= 15 is 0 Å². The first kappa shape index (κ1) is 15.2. The molecular formula is C22H12N4O. The highest BCUT2D eigenvalue weighted by Gasteiger charge is 2.15. The van der Waals surface area contributed by atoms with Crippen LogP contribution < -0.4 is 5.56 Å². The van der Waals surface area contributed by atoms with E-state index in [1.165, 1.54) is 0 Å². The van der Waals surface area contributed by atoms with Crippen molar-refractivity contribution >= 4 is 33.0 Å². The molecule has 0 spiro atoms. The van der Waals surface area contributed by atoms with Crippen molar-refractivity contribution in [2.75, 3.05) is 0 Å². The van der Waals surface area contributed by atoms with Crippen LogP contribution in [-0.4, -0.2) is 14.5 Å². The molecule has 0 aliphatic rings. The zero-order valence-electron chi connectivity index (χ0n) is 14.1. The van der Waals surface area contributed by atoms with Gasteiger partial charge < -0.3 is 0 Å². The molecule has 126 valence electrons. The smallest absolute Gasteiger partial charge is 0.275 e. The number of hydrogen-bond acceptors (Lipinski definition) is 4. The van der Waals surface area contributed by atoms with Gasteiger partial charge in [-0.1, -0.05) is 36.4 Å². The summed E-state index contributed by atoms with van der Waals surface area (Å²) in [4.78, 5) is 22.7. The van der Waals surface area contributed by atoms with E-state index in [2.05, 4.69) is 11.1 Å². The maximum atomic E-state index is 13.4. The first-order valence-corrected chi connectivity index (χ1v) is 8.47. The predicted octanol–water partition coefficient (Wildman–Crippen LogP) is 3.96. The Kier molecular flexibility index (Phi) is 3.24. The average Bonchev–Trinajstić information content (AvgIpc) is 2.73. The topological polar surface area (TPSA) is 71.6 Å². The quantitative estimate of drug-likeness (QED) is 0.339. The summed E-state index contributed by atoms with van der Waals surface area (Å²) in [5.41, 5.74) is 3.93. The molecule has 0 amide bonds. The Hall–Kier alpha value is -4.04. The Morgan fingerprint density at radius 2 is 1.52 bits per heavy atom. The number of fused-ring (bicyclic) bond motifs is 4. The van der Waals surface area contributed by atoms with E-state index < -0.39 is 0 Å². The summed E-state index contributed by atoms with van der Waals surface area (Å²) in [5, 5.41) is 10.1. The minimum Gasteiger partial charge on any atom is -0.275 e. The van der Waals surface area contributed by atoms with E-state index in [9.17, 15) is 10.1 Å². The third-order valence-electron chi connectivity index (χ3n) is 4.61. The SMILES string of the molecule is N#Cc1cccc(-n2c(=O)c3nc4ccccc4nc3c3ccccc32)c1. The highest BCUT2D eigenvalue weighted by Crippen LogP contribution is 2.24.